The van der Waals surface area contributed by atoms with E-state index in [9.17, 15) is 0 Å². The molecular formula is C64H43N. The molecule has 65 heavy (non-hydrogen) atoms. The Morgan fingerprint density at radius 3 is 1.31 bits per heavy atom. The molecule has 12 rings (SSSR count). The van der Waals surface area contributed by atoms with Crippen molar-refractivity contribution in [2.45, 2.75) is 5.41 Å². The van der Waals surface area contributed by atoms with E-state index in [1.807, 2.05) is 0 Å². The van der Waals surface area contributed by atoms with Crippen molar-refractivity contribution < 1.29 is 0 Å². The third-order valence-corrected chi connectivity index (χ3v) is 13.3. The second kappa shape index (κ2) is 16.1. The predicted octanol–water partition coefficient (Wildman–Crippen LogP) is 16.6. The van der Waals surface area contributed by atoms with Gasteiger partial charge in [0.1, 0.15) is 0 Å². The molecule has 10 aromatic carbocycles. The number of pyridine rings is 1. The molecule has 0 unspecified atom stereocenters. The maximum atomic E-state index is 5.39. The summed E-state index contributed by atoms with van der Waals surface area (Å²) in [5.74, 6) is 0. The topological polar surface area (TPSA) is 12.9 Å². The summed E-state index contributed by atoms with van der Waals surface area (Å²) >= 11 is 0. The van der Waals surface area contributed by atoms with Gasteiger partial charge in [0.25, 0.3) is 0 Å². The summed E-state index contributed by atoms with van der Waals surface area (Å²) in [5, 5.41) is 2.50. The lowest BCUT2D eigenvalue weighted by molar-refractivity contribution is 0.775. The third kappa shape index (κ3) is 6.60. The van der Waals surface area contributed by atoms with Crippen LogP contribution in [0, 0.1) is 0 Å². The number of hydrogen-bond acceptors (Lipinski definition) is 1. The maximum Gasteiger partial charge on any atom is 0.0719 e. The maximum absolute atomic E-state index is 5.39. The second-order valence-corrected chi connectivity index (χ2v) is 17.0. The molecule has 0 atom stereocenters. The first-order chi connectivity index (χ1) is 32.2. The van der Waals surface area contributed by atoms with Crippen molar-refractivity contribution in [3.63, 3.8) is 0 Å². The Bertz CT molecular complexity index is 3390. The predicted molar refractivity (Wildman–Crippen MR) is 272 cm³/mol. The summed E-state index contributed by atoms with van der Waals surface area (Å²) in [7, 11) is 0. The minimum atomic E-state index is -0.510. The van der Waals surface area contributed by atoms with Gasteiger partial charge in [0.2, 0.25) is 0 Å². The van der Waals surface area contributed by atoms with Crippen LogP contribution < -0.4 is 0 Å². The number of benzene rings is 10. The molecular weight excluding hydrogens is 783 g/mol. The van der Waals surface area contributed by atoms with Crippen LogP contribution in [0.4, 0.5) is 0 Å². The molecule has 1 heterocycles. The number of rotatable bonds is 8. The average molecular weight is 826 g/mol. The Morgan fingerprint density at radius 2 is 0.708 bits per heavy atom. The van der Waals surface area contributed by atoms with Crippen molar-refractivity contribution in [1.82, 2.24) is 4.98 Å². The molecule has 1 aromatic heterocycles. The standard InChI is InChI=1S/C64H43N/c1-6-20-44(21-7-1)50-38-51(45-22-8-2-9-23-45)40-53(39-50)61-43-52(42-60(65-61)48-24-10-3-11-25-48)46-34-36-47(37-35-46)58-41-49-26-16-17-31-56(49)63-62(58)57-32-18-19-33-59(57)64(63,54-27-12-4-13-28-54)55-29-14-5-15-30-55/h1-43H. The zero-order chi connectivity index (χ0) is 43.2. The molecule has 0 amide bonds. The van der Waals surface area contributed by atoms with E-state index in [1.165, 1.54) is 66.4 Å². The largest absolute Gasteiger partial charge is 0.248 e. The molecule has 0 bridgehead atoms. The van der Waals surface area contributed by atoms with Gasteiger partial charge in [-0.25, -0.2) is 4.98 Å². The van der Waals surface area contributed by atoms with Gasteiger partial charge in [0, 0.05) is 11.1 Å². The van der Waals surface area contributed by atoms with Crippen LogP contribution in [0.5, 0.6) is 0 Å². The molecule has 1 heteroatoms. The van der Waals surface area contributed by atoms with Crippen molar-refractivity contribution in [2.24, 2.45) is 0 Å². The molecule has 0 radical (unpaired) electrons. The van der Waals surface area contributed by atoms with E-state index in [-0.39, 0.29) is 0 Å². The van der Waals surface area contributed by atoms with Crippen molar-refractivity contribution >= 4 is 10.8 Å². The Kier molecular flexibility index (Phi) is 9.46. The molecule has 0 N–H and O–H groups in total. The molecule has 1 aliphatic carbocycles. The highest BCUT2D eigenvalue weighted by atomic mass is 14.7. The van der Waals surface area contributed by atoms with E-state index >= 15 is 0 Å². The van der Waals surface area contributed by atoms with E-state index in [0.29, 0.717) is 0 Å². The highest BCUT2D eigenvalue weighted by Gasteiger charge is 2.48. The first-order valence-corrected chi connectivity index (χ1v) is 22.4. The summed E-state index contributed by atoms with van der Waals surface area (Å²) in [6.45, 7) is 0. The summed E-state index contributed by atoms with van der Waals surface area (Å²) in [6.07, 6.45) is 0. The quantitative estimate of drug-likeness (QED) is 0.149. The van der Waals surface area contributed by atoms with Gasteiger partial charge in [0.05, 0.1) is 16.8 Å². The summed E-state index contributed by atoms with van der Waals surface area (Å²) in [4.78, 5) is 5.39. The fourth-order valence-corrected chi connectivity index (χ4v) is 10.4. The number of aromatic nitrogens is 1. The molecule has 0 saturated heterocycles. The van der Waals surface area contributed by atoms with Crippen LogP contribution in [0.15, 0.2) is 261 Å². The molecule has 0 fully saturated rings. The average Bonchev–Trinajstić information content (AvgIpc) is 3.72. The normalized spacial score (nSPS) is 12.4. The number of hydrogen-bond donors (Lipinski definition) is 0. The van der Waals surface area contributed by atoms with Crippen LogP contribution >= 0.6 is 0 Å². The second-order valence-electron chi connectivity index (χ2n) is 17.0. The van der Waals surface area contributed by atoms with Crippen LogP contribution in [-0.4, -0.2) is 4.98 Å². The van der Waals surface area contributed by atoms with E-state index in [4.69, 9.17) is 4.98 Å². The Labute approximate surface area is 380 Å². The van der Waals surface area contributed by atoms with Crippen LogP contribution in [0.2, 0.25) is 0 Å². The van der Waals surface area contributed by atoms with Gasteiger partial charge in [-0.05, 0) is 125 Å². The Balaban J connectivity index is 1.04. The SMILES string of the molecule is c1ccc(-c2cc(-c3ccccc3)cc(-c3cc(-c4ccc(-c5cc6ccccc6c6c5-c5ccccc5C6(c5ccccc5)c5ccccc5)cc4)cc(-c4ccccc4)n3)c2)cc1. The van der Waals surface area contributed by atoms with Gasteiger partial charge in [-0.3, -0.25) is 0 Å². The van der Waals surface area contributed by atoms with Gasteiger partial charge in [0.15, 0.2) is 0 Å². The smallest absolute Gasteiger partial charge is 0.0719 e. The minimum Gasteiger partial charge on any atom is -0.248 e. The zero-order valence-corrected chi connectivity index (χ0v) is 35.8. The number of nitrogens with zero attached hydrogens (tertiary/aromatic N) is 1. The summed E-state index contributed by atoms with van der Waals surface area (Å²) in [5.41, 5.74) is 20.6. The molecule has 304 valence electrons. The minimum absolute atomic E-state index is 0.510. The summed E-state index contributed by atoms with van der Waals surface area (Å²) in [6, 6.07) is 95.1. The first kappa shape index (κ1) is 38.3. The van der Waals surface area contributed by atoms with E-state index < -0.39 is 5.41 Å². The van der Waals surface area contributed by atoms with E-state index in [0.717, 1.165) is 44.8 Å². The van der Waals surface area contributed by atoms with Gasteiger partial charge in [-0.2, -0.15) is 0 Å². The number of fused-ring (bicyclic) bond motifs is 5. The highest BCUT2D eigenvalue weighted by Crippen LogP contribution is 2.60. The zero-order valence-electron chi connectivity index (χ0n) is 35.8. The monoisotopic (exact) mass is 825 g/mol. The molecule has 0 saturated carbocycles. The van der Waals surface area contributed by atoms with Gasteiger partial charge in [-0.1, -0.05) is 224 Å². The van der Waals surface area contributed by atoms with Crippen LogP contribution in [0.3, 0.4) is 0 Å². The molecule has 1 aliphatic rings. The Hall–Kier alpha value is -8.39. The van der Waals surface area contributed by atoms with Crippen molar-refractivity contribution in [1.29, 1.82) is 0 Å². The van der Waals surface area contributed by atoms with Crippen molar-refractivity contribution in [3.05, 3.63) is 283 Å². The van der Waals surface area contributed by atoms with E-state index in [1.54, 1.807) is 0 Å². The van der Waals surface area contributed by atoms with Crippen molar-refractivity contribution in [2.75, 3.05) is 0 Å². The lowest BCUT2D eigenvalue weighted by atomic mass is 9.66. The Morgan fingerprint density at radius 1 is 0.277 bits per heavy atom. The van der Waals surface area contributed by atoms with E-state index in [2.05, 4.69) is 261 Å². The lowest BCUT2D eigenvalue weighted by Crippen LogP contribution is -2.28. The van der Waals surface area contributed by atoms with Crippen LogP contribution in [0.1, 0.15) is 22.3 Å². The lowest BCUT2D eigenvalue weighted by Gasteiger charge is -2.35. The van der Waals surface area contributed by atoms with Crippen LogP contribution in [-0.2, 0) is 5.41 Å². The molecule has 0 spiro atoms. The molecule has 1 nitrogen and oxygen atoms in total. The first-order valence-electron chi connectivity index (χ1n) is 22.4. The van der Waals surface area contributed by atoms with Gasteiger partial charge in [-0.15, -0.1) is 0 Å². The van der Waals surface area contributed by atoms with Crippen molar-refractivity contribution in [3.8, 4) is 78.1 Å². The highest BCUT2D eigenvalue weighted by molar-refractivity contribution is 6.07. The van der Waals surface area contributed by atoms with Gasteiger partial charge >= 0.3 is 0 Å². The van der Waals surface area contributed by atoms with Crippen LogP contribution in [0.25, 0.3) is 88.9 Å². The fraction of sp³-hybridized carbons (Fsp3) is 0.0156. The molecule has 11 aromatic rings. The summed E-state index contributed by atoms with van der Waals surface area (Å²) < 4.78 is 0. The fourth-order valence-electron chi connectivity index (χ4n) is 10.4. The third-order valence-electron chi connectivity index (χ3n) is 13.3. The van der Waals surface area contributed by atoms with Gasteiger partial charge < -0.3 is 0 Å². The molecule has 0 aliphatic heterocycles.